The normalized spacial score (nSPS) is 30.9. The van der Waals surface area contributed by atoms with Gasteiger partial charge in [0.15, 0.2) is 5.78 Å². The molecular formula is C42H56O6. The van der Waals surface area contributed by atoms with Gasteiger partial charge in [0, 0.05) is 43.6 Å². The zero-order valence-electron chi connectivity index (χ0n) is 31.0. The van der Waals surface area contributed by atoms with Crippen LogP contribution < -0.4 is 0 Å². The molecule has 1 aliphatic heterocycles. The van der Waals surface area contributed by atoms with E-state index in [1.54, 1.807) is 6.92 Å². The molecule has 0 amide bonds. The molecule has 3 aliphatic rings. The van der Waals surface area contributed by atoms with E-state index in [0.29, 0.717) is 37.7 Å². The first-order valence-corrected chi connectivity index (χ1v) is 17.0. The number of allylic oxidation sites excluding steroid dienone is 14. The largest absolute Gasteiger partial charge is 0.462 e. The first-order valence-electron chi connectivity index (χ1n) is 17.0. The molecule has 0 bridgehead atoms. The minimum Gasteiger partial charge on any atom is -0.462 e. The first kappa shape index (κ1) is 38.9. The van der Waals surface area contributed by atoms with Gasteiger partial charge in [-0.05, 0) is 70.6 Å². The molecule has 6 heteroatoms. The molecule has 2 aliphatic carbocycles. The van der Waals surface area contributed by atoms with Crippen LogP contribution in [0.3, 0.4) is 0 Å². The fourth-order valence-electron chi connectivity index (χ4n) is 7.53. The highest BCUT2D eigenvalue weighted by molar-refractivity contribution is 5.97. The van der Waals surface area contributed by atoms with Gasteiger partial charge in [-0.25, -0.2) is 0 Å². The average molecular weight is 657 g/mol. The van der Waals surface area contributed by atoms with Gasteiger partial charge in [0.25, 0.3) is 0 Å². The Morgan fingerprint density at radius 1 is 0.833 bits per heavy atom. The second-order valence-electron chi connectivity index (χ2n) is 15.7. The maximum absolute atomic E-state index is 13.1. The van der Waals surface area contributed by atoms with Crippen LogP contribution in [0.5, 0.6) is 0 Å². The third kappa shape index (κ3) is 9.53. The third-order valence-electron chi connectivity index (χ3n) is 9.94. The maximum Gasteiger partial charge on any atom is 0.302 e. The predicted molar refractivity (Wildman–Crippen MR) is 193 cm³/mol. The Kier molecular flexibility index (Phi) is 12.1. The third-order valence-corrected chi connectivity index (χ3v) is 9.94. The van der Waals surface area contributed by atoms with E-state index in [1.807, 2.05) is 129 Å². The van der Waals surface area contributed by atoms with Crippen LogP contribution in [0.25, 0.3) is 0 Å². The van der Waals surface area contributed by atoms with Crippen molar-refractivity contribution in [1.29, 1.82) is 0 Å². The van der Waals surface area contributed by atoms with Gasteiger partial charge >= 0.3 is 5.97 Å². The predicted octanol–water partition coefficient (Wildman–Crippen LogP) is 8.90. The molecule has 4 atom stereocenters. The van der Waals surface area contributed by atoms with Crippen molar-refractivity contribution in [1.82, 2.24) is 0 Å². The van der Waals surface area contributed by atoms with E-state index in [4.69, 9.17) is 9.47 Å². The van der Waals surface area contributed by atoms with Gasteiger partial charge < -0.3 is 14.6 Å². The summed E-state index contributed by atoms with van der Waals surface area (Å²) in [5, 5.41) is 11.1. The van der Waals surface area contributed by atoms with Crippen LogP contribution in [0.1, 0.15) is 108 Å². The molecule has 0 radical (unpaired) electrons. The summed E-state index contributed by atoms with van der Waals surface area (Å²) in [5.74, 6) is -0.0702. The van der Waals surface area contributed by atoms with Crippen molar-refractivity contribution < 1.29 is 29.0 Å². The number of esters is 1. The first-order chi connectivity index (χ1) is 22.1. The fraction of sp³-hybridized carbons (Fsp3) is 0.524. The number of hydrogen-bond acceptors (Lipinski definition) is 6. The molecule has 3 fully saturated rings. The number of fused-ring (bicyclic) bond motifs is 1. The molecule has 0 aromatic heterocycles. The molecule has 1 saturated heterocycles. The standard InChI is InChI=1S/C42H56O6/c1-29(18-14-19-31(3)22-23-37-38(6,7)26-35(47-33(5)43)27-40(37,10)46)16-12-13-17-30(2)20-15-21-32(4)36(45)28-42-39(8,9)24-34(44)25-41(42,11)48-42/h12-22,35,46H,24-28H2,1-11H3/b13-12+,18-14+,20-15+,29-16+,30-17+,31-19+,32-21+. The summed E-state index contributed by atoms with van der Waals surface area (Å²) in [6.45, 7) is 21.1. The summed E-state index contributed by atoms with van der Waals surface area (Å²) >= 11 is 0. The number of rotatable bonds is 11. The van der Waals surface area contributed by atoms with Crippen LogP contribution in [0, 0.1) is 10.8 Å². The molecule has 3 rings (SSSR count). The lowest BCUT2D eigenvalue weighted by molar-refractivity contribution is -0.152. The van der Waals surface area contributed by atoms with Crippen molar-refractivity contribution in [2.75, 3.05) is 0 Å². The van der Waals surface area contributed by atoms with Gasteiger partial charge in [-0.2, -0.15) is 0 Å². The molecule has 260 valence electrons. The van der Waals surface area contributed by atoms with Crippen molar-refractivity contribution in [2.24, 2.45) is 10.8 Å². The van der Waals surface area contributed by atoms with Gasteiger partial charge in [0.1, 0.15) is 23.1 Å². The summed E-state index contributed by atoms with van der Waals surface area (Å²) < 4.78 is 11.5. The summed E-state index contributed by atoms with van der Waals surface area (Å²) in [6.07, 6.45) is 23.4. The quantitative estimate of drug-likeness (QED) is 0.0785. The van der Waals surface area contributed by atoms with Gasteiger partial charge in [0.05, 0.1) is 5.60 Å². The van der Waals surface area contributed by atoms with E-state index in [2.05, 4.69) is 5.73 Å². The second-order valence-corrected chi connectivity index (χ2v) is 15.7. The molecule has 2 saturated carbocycles. The molecule has 0 spiro atoms. The number of carbonyl (C=O) groups excluding carboxylic acids is 3. The Bertz CT molecular complexity index is 1560. The molecule has 1 heterocycles. The molecule has 48 heavy (non-hydrogen) atoms. The second kappa shape index (κ2) is 14.9. The smallest absolute Gasteiger partial charge is 0.302 e. The number of carbonyl (C=O) groups is 3. The molecule has 4 unspecified atom stereocenters. The van der Waals surface area contributed by atoms with E-state index in [1.165, 1.54) is 6.92 Å². The van der Waals surface area contributed by atoms with E-state index >= 15 is 0 Å². The van der Waals surface area contributed by atoms with Crippen LogP contribution >= 0.6 is 0 Å². The Labute approximate surface area is 288 Å². The summed E-state index contributed by atoms with van der Waals surface area (Å²) in [4.78, 5) is 36.7. The van der Waals surface area contributed by atoms with Crippen LogP contribution in [-0.4, -0.2) is 45.5 Å². The fourth-order valence-corrected chi connectivity index (χ4v) is 7.53. The lowest BCUT2D eigenvalue weighted by atomic mass is 9.62. The number of Topliss-reactive ketones (excluding diaryl/α,β-unsaturated/α-hetero) is 2. The molecule has 0 aromatic rings. The monoisotopic (exact) mass is 656 g/mol. The van der Waals surface area contributed by atoms with Crippen LogP contribution in [0.15, 0.2) is 100 Å². The summed E-state index contributed by atoms with van der Waals surface area (Å²) in [7, 11) is 0. The van der Waals surface area contributed by atoms with Crippen molar-refractivity contribution in [3.63, 3.8) is 0 Å². The Morgan fingerprint density at radius 2 is 1.40 bits per heavy atom. The Hall–Kier alpha value is -3.57. The number of ether oxygens (including phenoxy) is 2. The van der Waals surface area contributed by atoms with Crippen molar-refractivity contribution in [2.45, 2.75) is 131 Å². The lowest BCUT2D eigenvalue weighted by Crippen LogP contribution is -2.47. The number of hydrogen-bond donors (Lipinski definition) is 1. The highest BCUT2D eigenvalue weighted by atomic mass is 16.6. The number of epoxide rings is 1. The SMILES string of the molecule is CC(=O)OC1CC(C)(C)C(=C=C/C(C)=C/C=C/C(C)=C/C=C/C=C(C)/C=C/C=C(\C)C(=O)CC23OC2(C)CC(=O)CC3(C)C)C(C)(O)C1. The molecule has 0 aromatic carbocycles. The van der Waals surface area contributed by atoms with E-state index in [9.17, 15) is 19.5 Å². The minimum atomic E-state index is -1.11. The van der Waals surface area contributed by atoms with Crippen molar-refractivity contribution in [3.8, 4) is 0 Å². The Morgan fingerprint density at radius 3 is 1.94 bits per heavy atom. The summed E-state index contributed by atoms with van der Waals surface area (Å²) in [6, 6.07) is 0. The maximum atomic E-state index is 13.1. The average Bonchev–Trinajstić information content (AvgIpc) is 3.53. The van der Waals surface area contributed by atoms with Crippen LogP contribution in [0.2, 0.25) is 0 Å². The molecular weight excluding hydrogens is 600 g/mol. The lowest BCUT2D eigenvalue weighted by Gasteiger charge is -2.44. The van der Waals surface area contributed by atoms with E-state index in [0.717, 1.165) is 22.3 Å². The van der Waals surface area contributed by atoms with Gasteiger partial charge in [-0.3, -0.25) is 14.4 Å². The van der Waals surface area contributed by atoms with Crippen molar-refractivity contribution in [3.05, 3.63) is 100 Å². The zero-order valence-corrected chi connectivity index (χ0v) is 31.0. The molecule has 1 N–H and O–H groups in total. The van der Waals surface area contributed by atoms with Crippen molar-refractivity contribution >= 4 is 17.5 Å². The minimum absolute atomic E-state index is 0.0519. The molecule has 6 nitrogen and oxygen atoms in total. The van der Waals surface area contributed by atoms with Gasteiger partial charge in [-0.1, -0.05) is 99.6 Å². The number of aliphatic hydroxyl groups is 1. The topological polar surface area (TPSA) is 93.2 Å². The van der Waals surface area contributed by atoms with Crippen LogP contribution in [0.4, 0.5) is 0 Å². The Balaban J connectivity index is 1.54. The highest BCUT2D eigenvalue weighted by Crippen LogP contribution is 2.66. The highest BCUT2D eigenvalue weighted by Gasteiger charge is 2.76. The number of ketones is 2. The summed E-state index contributed by atoms with van der Waals surface area (Å²) in [5.41, 5.74) is 5.04. The van der Waals surface area contributed by atoms with Crippen LogP contribution in [-0.2, 0) is 23.9 Å². The van der Waals surface area contributed by atoms with E-state index < -0.39 is 16.8 Å². The van der Waals surface area contributed by atoms with E-state index in [-0.39, 0.29) is 34.5 Å². The zero-order chi connectivity index (χ0) is 36.1. The van der Waals surface area contributed by atoms with Gasteiger partial charge in [-0.15, -0.1) is 5.73 Å². The van der Waals surface area contributed by atoms with Gasteiger partial charge in [0.2, 0.25) is 0 Å².